The van der Waals surface area contributed by atoms with Crippen LogP contribution in [0.4, 0.5) is 13.2 Å². The van der Waals surface area contributed by atoms with E-state index in [9.17, 15) is 13.2 Å². The quantitative estimate of drug-likeness (QED) is 0.194. The monoisotopic (exact) mass is 478 g/mol. The molecule has 1 unspecified atom stereocenters. The second-order valence-electron chi connectivity index (χ2n) is 6.06. The Morgan fingerprint density at radius 2 is 1.86 bits per heavy atom. The summed E-state index contributed by atoms with van der Waals surface area (Å²) >= 11 is 12.3. The van der Waals surface area contributed by atoms with Gasteiger partial charge in [-0.2, -0.15) is 13.2 Å². The van der Waals surface area contributed by atoms with E-state index in [-0.39, 0.29) is 21.2 Å². The molecule has 1 atom stereocenters. The van der Waals surface area contributed by atoms with Gasteiger partial charge in [0, 0.05) is 16.5 Å². The Morgan fingerprint density at radius 3 is 2.52 bits per heavy atom. The number of para-hydroxylation sites is 1. The Hall–Kier alpha value is -1.12. The molecule has 3 nitrogen and oxygen atoms in total. The second kappa shape index (κ2) is 8.94. The highest BCUT2D eigenvalue weighted by atomic mass is 32.9. The number of hydrogen-bond donors (Lipinski definition) is 0. The van der Waals surface area contributed by atoms with Crippen molar-refractivity contribution in [1.82, 2.24) is 0 Å². The Labute approximate surface area is 180 Å². The summed E-state index contributed by atoms with van der Waals surface area (Å²) < 4.78 is 58.7. The molecule has 0 saturated heterocycles. The Morgan fingerprint density at radius 1 is 1.14 bits per heavy atom. The molecule has 0 N–H and O–H groups in total. The molecule has 0 aliphatic heterocycles. The maximum absolute atomic E-state index is 13.8. The molecule has 0 radical (unpaired) electrons. The average molecular weight is 479 g/mol. The number of benzene rings is 2. The molecule has 0 aliphatic carbocycles. The zero-order valence-corrected chi connectivity index (χ0v) is 19.0. The van der Waals surface area contributed by atoms with Crippen molar-refractivity contribution < 1.29 is 26.6 Å². The van der Waals surface area contributed by atoms with E-state index in [0.717, 1.165) is 12.5 Å². The van der Waals surface area contributed by atoms with Crippen molar-refractivity contribution in [1.29, 1.82) is 0 Å². The van der Waals surface area contributed by atoms with Gasteiger partial charge in [0.15, 0.2) is 0 Å². The summed E-state index contributed by atoms with van der Waals surface area (Å²) in [5.41, 5.74) is -3.84. The third-order valence-corrected chi connectivity index (χ3v) is 9.79. The molecular formula is C19H18F3O3PS3. The van der Waals surface area contributed by atoms with Gasteiger partial charge in [-0.25, -0.2) is 0 Å². The molecule has 3 rings (SSSR count). The standard InChI is InChI=1S/C19H18F3O3PS3/c1-3-9-29-26(28,23-4-2)25-12-10-14-17(15(11-12)19(20,21)22)24-16-8-6-5-7-13(16)18(14)27/h5-8,10-11H,3-4,9H2,1-2H3. The Balaban J connectivity index is 2.24. The first-order valence-corrected chi connectivity index (χ1v) is 13.5. The summed E-state index contributed by atoms with van der Waals surface area (Å²) in [6.07, 6.45) is -3.82. The predicted octanol–water partition coefficient (Wildman–Crippen LogP) is 8.12. The van der Waals surface area contributed by atoms with Crippen molar-refractivity contribution in [3.05, 3.63) is 46.5 Å². The molecule has 3 aromatic rings. The lowest BCUT2D eigenvalue weighted by Gasteiger charge is -2.22. The maximum atomic E-state index is 13.8. The average Bonchev–Trinajstić information content (AvgIpc) is 2.66. The van der Waals surface area contributed by atoms with Crippen LogP contribution in [0.3, 0.4) is 0 Å². The first-order valence-electron chi connectivity index (χ1n) is 8.84. The van der Waals surface area contributed by atoms with Crippen LogP contribution in [0.15, 0.2) is 40.8 Å². The van der Waals surface area contributed by atoms with E-state index < -0.39 is 17.4 Å². The van der Waals surface area contributed by atoms with E-state index in [0.29, 0.717) is 23.3 Å². The van der Waals surface area contributed by atoms with Crippen molar-refractivity contribution in [3.8, 4) is 5.75 Å². The van der Waals surface area contributed by atoms with Gasteiger partial charge in [-0.1, -0.05) is 42.7 Å². The van der Waals surface area contributed by atoms with Gasteiger partial charge in [-0.3, -0.25) is 0 Å². The number of fused-ring (bicyclic) bond motifs is 2. The first-order chi connectivity index (χ1) is 13.7. The van der Waals surface area contributed by atoms with Gasteiger partial charge in [0.2, 0.25) is 0 Å². The molecule has 0 fully saturated rings. The van der Waals surface area contributed by atoms with Crippen molar-refractivity contribution in [2.45, 2.75) is 26.4 Å². The highest BCUT2D eigenvalue weighted by Gasteiger charge is 2.36. The van der Waals surface area contributed by atoms with Gasteiger partial charge < -0.3 is 13.5 Å². The molecule has 0 aliphatic rings. The molecule has 156 valence electrons. The van der Waals surface area contributed by atoms with E-state index in [1.165, 1.54) is 17.4 Å². The SMILES string of the molecule is CCCSP(=S)(OCC)Oc1cc(C(F)(F)F)c2oc3ccccc3c(=S)c2c1. The van der Waals surface area contributed by atoms with Crippen LogP contribution < -0.4 is 4.52 Å². The van der Waals surface area contributed by atoms with Gasteiger partial charge in [-0.05, 0) is 49.4 Å². The lowest BCUT2D eigenvalue weighted by molar-refractivity contribution is -0.136. The summed E-state index contributed by atoms with van der Waals surface area (Å²) in [5, 5.41) is 0.715. The predicted molar refractivity (Wildman–Crippen MR) is 119 cm³/mol. The van der Waals surface area contributed by atoms with Gasteiger partial charge in [0.1, 0.15) is 22.5 Å². The topological polar surface area (TPSA) is 31.6 Å². The van der Waals surface area contributed by atoms with Gasteiger partial charge >= 0.3 is 6.18 Å². The van der Waals surface area contributed by atoms with Crippen LogP contribution in [0.2, 0.25) is 0 Å². The van der Waals surface area contributed by atoms with E-state index in [2.05, 4.69) is 0 Å². The third-order valence-electron chi connectivity index (χ3n) is 3.91. The van der Waals surface area contributed by atoms with E-state index in [4.69, 9.17) is 37.5 Å². The molecule has 10 heteroatoms. The molecule has 29 heavy (non-hydrogen) atoms. The molecular weight excluding hydrogens is 460 g/mol. The number of halogens is 3. The fourth-order valence-corrected chi connectivity index (χ4v) is 7.73. The van der Waals surface area contributed by atoms with E-state index in [1.807, 2.05) is 6.92 Å². The number of alkyl halides is 3. The van der Waals surface area contributed by atoms with Crippen molar-refractivity contribution in [3.63, 3.8) is 0 Å². The van der Waals surface area contributed by atoms with Crippen LogP contribution >= 0.6 is 29.3 Å². The van der Waals surface area contributed by atoms with Crippen LogP contribution in [-0.4, -0.2) is 12.4 Å². The van der Waals surface area contributed by atoms with Crippen LogP contribution in [0.1, 0.15) is 25.8 Å². The van der Waals surface area contributed by atoms with Crippen molar-refractivity contribution >= 4 is 63.0 Å². The minimum Gasteiger partial charge on any atom is -0.455 e. The summed E-state index contributed by atoms with van der Waals surface area (Å²) in [6, 6.07) is 9.09. The largest absolute Gasteiger partial charge is 0.455 e. The fraction of sp³-hybridized carbons (Fsp3) is 0.316. The zero-order valence-electron chi connectivity index (χ0n) is 15.6. The molecule has 0 spiro atoms. The number of rotatable bonds is 7. The van der Waals surface area contributed by atoms with Crippen LogP contribution in [0.25, 0.3) is 21.9 Å². The van der Waals surface area contributed by atoms with Crippen LogP contribution in [0, 0.1) is 4.51 Å². The minimum absolute atomic E-state index is 0.0261. The van der Waals surface area contributed by atoms with Crippen LogP contribution in [-0.2, 0) is 22.5 Å². The summed E-state index contributed by atoms with van der Waals surface area (Å²) in [6.45, 7) is 4.05. The van der Waals surface area contributed by atoms with Crippen molar-refractivity contribution in [2.24, 2.45) is 0 Å². The minimum atomic E-state index is -4.66. The zero-order chi connectivity index (χ0) is 21.2. The van der Waals surface area contributed by atoms with Crippen LogP contribution in [0.5, 0.6) is 5.75 Å². The highest BCUT2D eigenvalue weighted by molar-refractivity contribution is 8.68. The van der Waals surface area contributed by atoms with Gasteiger partial charge in [-0.15, -0.1) is 0 Å². The normalized spacial score (nSPS) is 14.2. The Bertz CT molecular complexity index is 1140. The van der Waals surface area contributed by atoms with Gasteiger partial charge in [0.05, 0.1) is 11.1 Å². The summed E-state index contributed by atoms with van der Waals surface area (Å²) in [5.74, 6) is 0.658. The lowest BCUT2D eigenvalue weighted by atomic mass is 10.1. The van der Waals surface area contributed by atoms with E-state index in [1.54, 1.807) is 31.2 Å². The molecule has 0 amide bonds. The fourth-order valence-electron chi connectivity index (χ4n) is 2.72. The van der Waals surface area contributed by atoms with Gasteiger partial charge in [0.25, 0.3) is 5.69 Å². The van der Waals surface area contributed by atoms with E-state index >= 15 is 0 Å². The summed E-state index contributed by atoms with van der Waals surface area (Å²) in [4.78, 5) is 0. The van der Waals surface area contributed by atoms with Crippen molar-refractivity contribution in [2.75, 3.05) is 12.4 Å². The second-order valence-corrected chi connectivity index (χ2v) is 12.8. The summed E-state index contributed by atoms with van der Waals surface area (Å²) in [7, 11) is 0. The Kier molecular flexibility index (Phi) is 6.95. The number of hydrogen-bond acceptors (Lipinski definition) is 6. The molecule has 2 aromatic carbocycles. The molecule has 0 bridgehead atoms. The lowest BCUT2D eigenvalue weighted by Crippen LogP contribution is -2.07. The highest BCUT2D eigenvalue weighted by Crippen LogP contribution is 2.61. The molecule has 1 aromatic heterocycles. The maximum Gasteiger partial charge on any atom is 0.420 e. The molecule has 0 saturated carbocycles. The first kappa shape index (κ1) is 22.6. The third kappa shape index (κ3) is 4.97. The smallest absolute Gasteiger partial charge is 0.420 e. The molecule has 1 heterocycles.